The zero-order valence-corrected chi connectivity index (χ0v) is 14.7. The third-order valence-corrected chi connectivity index (χ3v) is 4.67. The average Bonchev–Trinajstić information content (AvgIpc) is 2.91. The number of nitrogens with one attached hydrogen (secondary N) is 1. The number of hydrogen-bond donors (Lipinski definition) is 4. The number of H-pyrrole nitrogens is 1. The van der Waals surface area contributed by atoms with Crippen LogP contribution in [0.25, 0.3) is 0 Å². The Hall–Kier alpha value is -2.30. The molecule has 0 unspecified atom stereocenters. The summed E-state index contributed by atoms with van der Waals surface area (Å²) in [7, 11) is 0. The Labute approximate surface area is 154 Å². The number of aliphatic hydroxyl groups is 3. The molecule has 1 aliphatic rings. The quantitative estimate of drug-likeness (QED) is 0.497. The molecule has 2 aromatic rings. The van der Waals surface area contributed by atoms with Gasteiger partial charge in [-0.2, -0.15) is 0 Å². The van der Waals surface area contributed by atoms with Crippen molar-refractivity contribution in [2.24, 2.45) is 0 Å². The van der Waals surface area contributed by atoms with Gasteiger partial charge in [-0.15, -0.1) is 0 Å². The predicted molar refractivity (Wildman–Crippen MR) is 94.1 cm³/mol. The Kier molecular flexibility index (Phi) is 5.59. The molecule has 1 fully saturated rings. The van der Waals surface area contributed by atoms with E-state index in [2.05, 4.69) is 4.98 Å². The summed E-state index contributed by atoms with van der Waals surface area (Å²) in [6.45, 7) is 0.892. The fraction of sp³-hybridized carbons (Fsp3) is 0.444. The van der Waals surface area contributed by atoms with Crippen molar-refractivity contribution in [1.82, 2.24) is 9.55 Å². The Morgan fingerprint density at radius 2 is 1.96 bits per heavy atom. The summed E-state index contributed by atoms with van der Waals surface area (Å²) < 4.78 is 12.1. The summed E-state index contributed by atoms with van der Waals surface area (Å²) in [5.41, 5.74) is -2.26. The SMILES string of the molecule is Cc1cn([C@]2(CO)O[C@H](COCc3ccccc3)[C@@H](O)[C@H]2O)c(=O)[nH]c1=O. The van der Waals surface area contributed by atoms with Gasteiger partial charge in [0.15, 0.2) is 0 Å². The van der Waals surface area contributed by atoms with Crippen LogP contribution in [0.2, 0.25) is 0 Å². The molecule has 1 saturated heterocycles. The van der Waals surface area contributed by atoms with Crippen molar-refractivity contribution in [2.75, 3.05) is 13.2 Å². The maximum atomic E-state index is 12.2. The van der Waals surface area contributed by atoms with E-state index in [9.17, 15) is 24.9 Å². The number of benzene rings is 1. The van der Waals surface area contributed by atoms with Crippen molar-refractivity contribution >= 4 is 0 Å². The monoisotopic (exact) mass is 378 g/mol. The summed E-state index contributed by atoms with van der Waals surface area (Å²) in [5.74, 6) is 0. The summed E-state index contributed by atoms with van der Waals surface area (Å²) in [6, 6.07) is 9.36. The number of aryl methyl sites for hydroxylation is 1. The molecule has 0 spiro atoms. The summed E-state index contributed by atoms with van der Waals surface area (Å²) >= 11 is 0. The second-order valence-corrected chi connectivity index (χ2v) is 6.54. The molecule has 0 bridgehead atoms. The van der Waals surface area contributed by atoms with E-state index in [4.69, 9.17) is 9.47 Å². The van der Waals surface area contributed by atoms with Crippen molar-refractivity contribution in [3.63, 3.8) is 0 Å². The summed E-state index contributed by atoms with van der Waals surface area (Å²) in [5, 5.41) is 30.7. The minimum Gasteiger partial charge on any atom is -0.391 e. The first kappa shape index (κ1) is 19.5. The van der Waals surface area contributed by atoms with E-state index in [1.54, 1.807) is 0 Å². The third-order valence-electron chi connectivity index (χ3n) is 4.67. The fourth-order valence-electron chi connectivity index (χ4n) is 3.13. The minimum atomic E-state index is -1.92. The van der Waals surface area contributed by atoms with Crippen molar-refractivity contribution in [1.29, 1.82) is 0 Å². The largest absolute Gasteiger partial charge is 0.391 e. The average molecular weight is 378 g/mol. The first-order valence-corrected chi connectivity index (χ1v) is 8.48. The van der Waals surface area contributed by atoms with Gasteiger partial charge in [0.25, 0.3) is 5.56 Å². The zero-order chi connectivity index (χ0) is 19.6. The van der Waals surface area contributed by atoms with E-state index >= 15 is 0 Å². The van der Waals surface area contributed by atoms with Crippen LogP contribution >= 0.6 is 0 Å². The molecule has 146 valence electrons. The molecular formula is C18H22N2O7. The molecule has 0 saturated carbocycles. The molecule has 2 heterocycles. The molecule has 0 aliphatic carbocycles. The first-order valence-electron chi connectivity index (χ1n) is 8.48. The van der Waals surface area contributed by atoms with Crippen molar-refractivity contribution in [2.45, 2.75) is 37.6 Å². The highest BCUT2D eigenvalue weighted by atomic mass is 16.6. The Morgan fingerprint density at radius 1 is 1.26 bits per heavy atom. The van der Waals surface area contributed by atoms with E-state index in [1.807, 2.05) is 30.3 Å². The lowest BCUT2D eigenvalue weighted by Gasteiger charge is -2.32. The Bertz CT molecular complexity index is 895. The summed E-state index contributed by atoms with van der Waals surface area (Å²) in [4.78, 5) is 25.9. The van der Waals surface area contributed by atoms with Gasteiger partial charge in [0.2, 0.25) is 5.72 Å². The molecule has 3 rings (SSSR count). The van der Waals surface area contributed by atoms with Crippen LogP contribution in [0.15, 0.2) is 46.1 Å². The highest BCUT2D eigenvalue weighted by Crippen LogP contribution is 2.34. The molecular weight excluding hydrogens is 356 g/mol. The van der Waals surface area contributed by atoms with Crippen LogP contribution in [0.1, 0.15) is 11.1 Å². The van der Waals surface area contributed by atoms with E-state index in [0.29, 0.717) is 0 Å². The molecule has 9 heteroatoms. The second kappa shape index (κ2) is 7.75. The lowest BCUT2D eigenvalue weighted by atomic mass is 10.0. The maximum absolute atomic E-state index is 12.2. The number of aromatic nitrogens is 2. The number of ether oxygens (including phenoxy) is 2. The lowest BCUT2D eigenvalue weighted by Crippen LogP contribution is -2.54. The van der Waals surface area contributed by atoms with Gasteiger partial charge in [0.1, 0.15) is 18.3 Å². The van der Waals surface area contributed by atoms with Crippen LogP contribution in [0, 0.1) is 6.92 Å². The van der Waals surface area contributed by atoms with Gasteiger partial charge < -0.3 is 24.8 Å². The van der Waals surface area contributed by atoms with Gasteiger partial charge in [-0.25, -0.2) is 4.79 Å². The first-order chi connectivity index (χ1) is 12.9. The smallest absolute Gasteiger partial charge is 0.330 e. The van der Waals surface area contributed by atoms with Crippen LogP contribution < -0.4 is 11.2 Å². The Morgan fingerprint density at radius 3 is 2.63 bits per heavy atom. The maximum Gasteiger partial charge on any atom is 0.330 e. The topological polar surface area (TPSA) is 134 Å². The number of nitrogens with zero attached hydrogens (tertiary/aromatic N) is 1. The van der Waals surface area contributed by atoms with Gasteiger partial charge in [0.05, 0.1) is 19.8 Å². The van der Waals surface area contributed by atoms with Crippen LogP contribution in [0.5, 0.6) is 0 Å². The molecule has 0 radical (unpaired) electrons. The van der Waals surface area contributed by atoms with Gasteiger partial charge in [0, 0.05) is 11.8 Å². The van der Waals surface area contributed by atoms with E-state index < -0.39 is 41.9 Å². The summed E-state index contributed by atoms with van der Waals surface area (Å²) in [6.07, 6.45) is -2.79. The molecule has 1 aromatic heterocycles. The van der Waals surface area contributed by atoms with Crippen LogP contribution in [-0.2, 0) is 21.8 Å². The zero-order valence-electron chi connectivity index (χ0n) is 14.7. The second-order valence-electron chi connectivity index (χ2n) is 6.54. The van der Waals surface area contributed by atoms with Crippen LogP contribution in [0.4, 0.5) is 0 Å². The molecule has 27 heavy (non-hydrogen) atoms. The van der Waals surface area contributed by atoms with Gasteiger partial charge in [-0.3, -0.25) is 14.3 Å². The number of hydrogen-bond acceptors (Lipinski definition) is 7. The molecule has 4 N–H and O–H groups in total. The standard InChI is InChI=1S/C18H22N2O7/c1-11-7-20(17(25)19-16(11)24)18(10-21)15(23)14(22)13(27-18)9-26-8-12-5-3-2-4-6-12/h2-7,13-15,21-23H,8-10H2,1H3,(H,19,24,25)/t13-,14-,15-,18-/m1/s1. The van der Waals surface area contributed by atoms with Gasteiger partial charge >= 0.3 is 5.69 Å². The van der Waals surface area contributed by atoms with E-state index in [1.165, 1.54) is 13.1 Å². The van der Waals surface area contributed by atoms with E-state index in [-0.39, 0.29) is 18.8 Å². The number of aliphatic hydroxyl groups excluding tert-OH is 3. The van der Waals surface area contributed by atoms with Crippen LogP contribution in [0.3, 0.4) is 0 Å². The molecule has 9 nitrogen and oxygen atoms in total. The minimum absolute atomic E-state index is 0.0635. The number of rotatable bonds is 6. The molecule has 1 aliphatic heterocycles. The Balaban J connectivity index is 1.80. The molecule has 1 aromatic carbocycles. The highest BCUT2D eigenvalue weighted by Gasteiger charge is 2.56. The lowest BCUT2D eigenvalue weighted by molar-refractivity contribution is -0.177. The van der Waals surface area contributed by atoms with Gasteiger partial charge in [-0.1, -0.05) is 30.3 Å². The normalized spacial score (nSPS) is 27.8. The van der Waals surface area contributed by atoms with Crippen molar-refractivity contribution in [3.05, 3.63) is 68.5 Å². The fourth-order valence-corrected chi connectivity index (χ4v) is 3.13. The van der Waals surface area contributed by atoms with Crippen molar-refractivity contribution < 1.29 is 24.8 Å². The van der Waals surface area contributed by atoms with Crippen molar-refractivity contribution in [3.8, 4) is 0 Å². The molecule has 4 atom stereocenters. The number of aromatic amines is 1. The highest BCUT2D eigenvalue weighted by molar-refractivity contribution is 5.13. The third kappa shape index (κ3) is 3.60. The predicted octanol–water partition coefficient (Wildman–Crippen LogP) is -1.17. The van der Waals surface area contributed by atoms with Gasteiger partial charge in [-0.05, 0) is 12.5 Å². The van der Waals surface area contributed by atoms with E-state index in [0.717, 1.165) is 10.1 Å². The van der Waals surface area contributed by atoms with Crippen LogP contribution in [-0.4, -0.2) is 56.4 Å². The molecule has 0 amide bonds.